The van der Waals surface area contributed by atoms with Crippen LogP contribution >= 0.6 is 0 Å². The highest BCUT2D eigenvalue weighted by Crippen LogP contribution is 2.33. The van der Waals surface area contributed by atoms with Crippen LogP contribution in [0, 0.1) is 10.1 Å². The minimum Gasteiger partial charge on any atom is -0.466 e. The molecular formula is C47H79N7O19S. The number of benzene rings is 1. The molecule has 1 saturated carbocycles. The number of nitro benzene ring substituents is 1. The van der Waals surface area contributed by atoms with Crippen LogP contribution in [-0.2, 0) is 48.0 Å². The van der Waals surface area contributed by atoms with E-state index < -0.39 is 141 Å². The van der Waals surface area contributed by atoms with Crippen LogP contribution in [0.5, 0.6) is 0 Å². The Morgan fingerprint density at radius 1 is 0.905 bits per heavy atom. The van der Waals surface area contributed by atoms with Crippen LogP contribution in [0.15, 0.2) is 41.0 Å². The lowest BCUT2D eigenvalue weighted by Gasteiger charge is -2.47. The van der Waals surface area contributed by atoms with Gasteiger partial charge in [0.1, 0.15) is 47.0 Å². The number of carbonyl (C=O) groups is 4. The predicted molar refractivity (Wildman–Crippen MR) is 264 cm³/mol. The average Bonchev–Trinajstić information content (AvgIpc) is 3.28. The standard InChI is InChI=1S/C47H79N7O19S/c1-11-34(57)41(67-24-23-55)70-38-31(50-36(58)20-21-49-42(60)71-45(2,3)4)25-32(52-44(62)73-47(8,9)10)39(37(38)59)69-40-30(51-43(61)72-46(5,6)7)19-18-29(68-40)27-53(22-14-15-28(56)26-48)74(65,66)35-17-13-12-16-33(35)54(63)64/h12-13,16-18,28,30-32,34,37-41,55-57,59H,11,14-15,19-27,48H2,1-10H3,(H,49,60)(H,50,58)(H,51,61)(H,52,62)/t28?,30-,31-,32+,34-,37-,38+,39-,40-,41-/m1/s1. The number of nitrogens with two attached hydrogens (primary N) is 1. The van der Waals surface area contributed by atoms with E-state index >= 15 is 0 Å². The second kappa shape index (κ2) is 28.2. The Morgan fingerprint density at radius 2 is 1.49 bits per heavy atom. The van der Waals surface area contributed by atoms with Crippen LogP contribution in [0.2, 0.25) is 0 Å². The highest BCUT2D eigenvalue weighted by atomic mass is 32.2. The second-order valence-electron chi connectivity index (χ2n) is 20.7. The van der Waals surface area contributed by atoms with Crippen LogP contribution in [0.1, 0.15) is 108 Å². The van der Waals surface area contributed by atoms with Crippen molar-refractivity contribution >= 4 is 39.9 Å². The zero-order valence-corrected chi connectivity index (χ0v) is 44.8. The molecule has 0 aromatic heterocycles. The third-order valence-electron chi connectivity index (χ3n) is 10.9. The molecule has 1 aliphatic carbocycles. The molecule has 74 heavy (non-hydrogen) atoms. The van der Waals surface area contributed by atoms with Crippen molar-refractivity contribution in [2.75, 3.05) is 39.4 Å². The van der Waals surface area contributed by atoms with Crippen LogP contribution in [0.4, 0.5) is 20.1 Å². The number of rotatable bonds is 25. The van der Waals surface area contributed by atoms with Crippen molar-refractivity contribution in [2.45, 2.75) is 191 Å². The molecule has 2 aliphatic rings. The fraction of sp³-hybridized carbons (Fsp3) is 0.745. The number of hydrogen-bond acceptors (Lipinski definition) is 20. The molecule has 1 aromatic rings. The Hall–Kier alpha value is -4.97. The summed E-state index contributed by atoms with van der Waals surface area (Å²) in [6.45, 7) is 14.4. The molecular weight excluding hydrogens is 999 g/mol. The molecule has 4 amide bonds. The summed E-state index contributed by atoms with van der Waals surface area (Å²) in [5.41, 5.74) is 2.06. The minimum atomic E-state index is -4.69. The maximum Gasteiger partial charge on any atom is 0.408 e. The lowest BCUT2D eigenvalue weighted by Crippen LogP contribution is -2.68. The number of ether oxygens (including phenoxy) is 7. The molecule has 0 bridgehead atoms. The first kappa shape index (κ1) is 63.3. The first-order valence-corrected chi connectivity index (χ1v) is 25.9. The predicted octanol–water partition coefficient (Wildman–Crippen LogP) is 2.14. The Labute approximate surface area is 432 Å². The molecule has 1 fully saturated rings. The summed E-state index contributed by atoms with van der Waals surface area (Å²) in [6, 6.07) is 1.05. The van der Waals surface area contributed by atoms with Gasteiger partial charge in [0.05, 0.1) is 48.9 Å². The number of nitrogens with zero attached hydrogens (tertiary/aromatic N) is 2. The second-order valence-corrected chi connectivity index (χ2v) is 22.6. The van der Waals surface area contributed by atoms with E-state index in [0.717, 1.165) is 16.4 Å². The van der Waals surface area contributed by atoms with Gasteiger partial charge in [-0.3, -0.25) is 14.9 Å². The Balaban J connectivity index is 2.17. The number of aliphatic hydroxyl groups is 4. The molecule has 0 saturated heterocycles. The normalized spacial score (nSPS) is 22.8. The number of hydrogen-bond donors (Lipinski definition) is 9. The number of alkyl carbamates (subject to hydrolysis) is 3. The van der Waals surface area contributed by atoms with Gasteiger partial charge in [0.2, 0.25) is 22.2 Å². The summed E-state index contributed by atoms with van der Waals surface area (Å²) in [6.07, 6.45) is -12.3. The van der Waals surface area contributed by atoms with Gasteiger partial charge in [0.25, 0.3) is 5.69 Å². The summed E-state index contributed by atoms with van der Waals surface area (Å²) < 4.78 is 70.9. The molecule has 27 heteroatoms. The Morgan fingerprint density at radius 3 is 2.05 bits per heavy atom. The van der Waals surface area contributed by atoms with E-state index in [2.05, 4.69) is 21.3 Å². The maximum atomic E-state index is 14.4. The van der Waals surface area contributed by atoms with Crippen LogP contribution < -0.4 is 27.0 Å². The number of nitro groups is 1. The van der Waals surface area contributed by atoms with Crippen molar-refractivity contribution in [3.63, 3.8) is 0 Å². The number of amides is 4. The third-order valence-corrected chi connectivity index (χ3v) is 12.8. The van der Waals surface area contributed by atoms with Crippen molar-refractivity contribution in [3.05, 3.63) is 46.2 Å². The summed E-state index contributed by atoms with van der Waals surface area (Å²) >= 11 is 0. The number of carbonyl (C=O) groups excluding carboxylic acids is 4. The van der Waals surface area contributed by atoms with Gasteiger partial charge in [-0.1, -0.05) is 19.1 Å². The van der Waals surface area contributed by atoms with E-state index in [1.807, 2.05) is 0 Å². The van der Waals surface area contributed by atoms with Gasteiger partial charge in [0, 0.05) is 32.1 Å². The van der Waals surface area contributed by atoms with E-state index in [-0.39, 0.29) is 70.5 Å². The topological polar surface area (TPSA) is 368 Å². The first-order valence-electron chi connectivity index (χ1n) is 24.5. The number of nitrogens with one attached hydrogen (secondary N) is 4. The van der Waals surface area contributed by atoms with Gasteiger partial charge >= 0.3 is 18.3 Å². The quantitative estimate of drug-likeness (QED) is 0.0293. The van der Waals surface area contributed by atoms with Crippen LogP contribution in [0.25, 0.3) is 0 Å². The lowest BCUT2D eigenvalue weighted by molar-refractivity contribution is -0.387. The molecule has 1 aliphatic heterocycles. The van der Waals surface area contributed by atoms with Crippen molar-refractivity contribution < 1.29 is 86.1 Å². The SMILES string of the molecule is CC[C@@H](O)[C@H](OCCO)O[C@@H]1[C@@H](O)[C@H](O[C@H]2OC(CN(CCCC(O)CN)S(=O)(=O)c3ccccc3[N+](=O)[O-])=CC[C@H]2NC(=O)OC(C)(C)C)[C@@H](NC(=O)OC(C)(C)C)C[C@H]1NC(=O)CCNC(=O)OC(C)(C)C. The van der Waals surface area contributed by atoms with Gasteiger partial charge in [-0.05, 0) is 107 Å². The summed E-state index contributed by atoms with van der Waals surface area (Å²) in [5.74, 6) is -0.738. The van der Waals surface area contributed by atoms with E-state index in [0.29, 0.717) is 0 Å². The molecule has 0 radical (unpaired) electrons. The van der Waals surface area contributed by atoms with Crippen molar-refractivity contribution in [1.82, 2.24) is 25.6 Å². The highest BCUT2D eigenvalue weighted by molar-refractivity contribution is 7.89. The average molecular weight is 1080 g/mol. The largest absolute Gasteiger partial charge is 0.466 e. The fourth-order valence-electron chi connectivity index (χ4n) is 7.58. The third kappa shape index (κ3) is 21.0. The number of para-hydroxylation sites is 1. The molecule has 0 spiro atoms. The molecule has 422 valence electrons. The summed E-state index contributed by atoms with van der Waals surface area (Å²) in [4.78, 5) is 63.5. The molecule has 1 unspecified atom stereocenters. The van der Waals surface area contributed by atoms with Crippen molar-refractivity contribution in [3.8, 4) is 0 Å². The molecule has 1 aromatic carbocycles. The zero-order valence-electron chi connectivity index (χ0n) is 43.9. The van der Waals surface area contributed by atoms with Gasteiger partial charge in [-0.2, -0.15) is 4.31 Å². The molecule has 26 nitrogen and oxygen atoms in total. The Bertz CT molecular complexity index is 2150. The summed E-state index contributed by atoms with van der Waals surface area (Å²) in [7, 11) is -4.69. The monoisotopic (exact) mass is 1080 g/mol. The van der Waals surface area contributed by atoms with Gasteiger partial charge < -0.3 is 80.6 Å². The lowest BCUT2D eigenvalue weighted by atomic mass is 9.83. The Kier molecular flexibility index (Phi) is 24.2. The van der Waals surface area contributed by atoms with Gasteiger partial charge in [-0.25, -0.2) is 22.8 Å². The first-order chi connectivity index (χ1) is 34.4. The van der Waals surface area contributed by atoms with Gasteiger partial charge in [0.15, 0.2) is 11.2 Å². The van der Waals surface area contributed by atoms with E-state index in [1.165, 1.54) is 18.2 Å². The summed E-state index contributed by atoms with van der Waals surface area (Å²) in [5, 5.41) is 66.1. The fourth-order valence-corrected chi connectivity index (χ4v) is 9.19. The number of sulfonamides is 1. The number of aliphatic hydroxyl groups excluding tert-OH is 4. The molecule has 10 N–H and O–H groups in total. The van der Waals surface area contributed by atoms with E-state index in [9.17, 15) is 58.1 Å². The maximum absolute atomic E-state index is 14.4. The molecule has 1 heterocycles. The van der Waals surface area contributed by atoms with E-state index in [1.54, 1.807) is 69.2 Å². The minimum absolute atomic E-state index is 0.0512. The molecule has 3 rings (SSSR count). The van der Waals surface area contributed by atoms with Crippen molar-refractivity contribution in [2.24, 2.45) is 5.73 Å². The van der Waals surface area contributed by atoms with Crippen molar-refractivity contribution in [1.29, 1.82) is 0 Å². The molecule has 10 atom stereocenters. The van der Waals surface area contributed by atoms with Crippen LogP contribution in [-0.4, -0.2) is 180 Å². The smallest absolute Gasteiger partial charge is 0.408 e. The zero-order chi connectivity index (χ0) is 55.8. The van der Waals surface area contributed by atoms with E-state index in [4.69, 9.17) is 38.9 Å². The van der Waals surface area contributed by atoms with Gasteiger partial charge in [-0.15, -0.1) is 0 Å². The van der Waals surface area contributed by atoms with Crippen LogP contribution in [0.3, 0.4) is 0 Å². The highest BCUT2D eigenvalue weighted by Gasteiger charge is 2.51.